The average molecular weight is 518 g/mol. The van der Waals surface area contributed by atoms with Crippen molar-refractivity contribution in [3.05, 3.63) is 90.5 Å². The second-order valence-electron chi connectivity index (χ2n) is 11.0. The summed E-state index contributed by atoms with van der Waals surface area (Å²) in [5.41, 5.74) is 1.04. The Hall–Kier alpha value is -3.09. The summed E-state index contributed by atoms with van der Waals surface area (Å²) in [6.07, 6.45) is 0.0219. The number of carbonyl (C=O) groups excluding carboxylic acids is 1. The number of benzene rings is 3. The molecule has 0 radical (unpaired) electrons. The molecule has 1 aliphatic heterocycles. The fourth-order valence-electron chi connectivity index (χ4n) is 5.41. The van der Waals surface area contributed by atoms with Crippen molar-refractivity contribution in [2.75, 3.05) is 7.11 Å². The molecule has 1 heterocycles. The molecule has 0 aromatic heterocycles. The summed E-state index contributed by atoms with van der Waals surface area (Å²) in [5, 5.41) is 2.39. The summed E-state index contributed by atoms with van der Waals surface area (Å²) in [4.78, 5) is 14.6. The molecule has 37 heavy (non-hydrogen) atoms. The summed E-state index contributed by atoms with van der Waals surface area (Å²) < 4.78 is 18.4. The zero-order valence-electron chi connectivity index (χ0n) is 22.8. The maximum absolute atomic E-state index is 12.8. The Labute approximate surface area is 222 Å². The first kappa shape index (κ1) is 27.0. The highest BCUT2D eigenvalue weighted by Gasteiger charge is 2.51. The quantitative estimate of drug-likeness (QED) is 0.339. The van der Waals surface area contributed by atoms with Crippen LogP contribution >= 0.6 is 0 Å². The lowest BCUT2D eigenvalue weighted by Gasteiger charge is -2.45. The van der Waals surface area contributed by atoms with E-state index in [4.69, 9.17) is 13.9 Å². The Morgan fingerprint density at radius 1 is 0.919 bits per heavy atom. The van der Waals surface area contributed by atoms with Crippen LogP contribution in [0.2, 0.25) is 5.04 Å². The third kappa shape index (κ3) is 5.60. The van der Waals surface area contributed by atoms with Crippen molar-refractivity contribution >= 4 is 24.8 Å². The predicted octanol–water partition coefficient (Wildman–Crippen LogP) is 5.76. The van der Waals surface area contributed by atoms with Gasteiger partial charge in [0.25, 0.3) is 8.32 Å². The van der Waals surface area contributed by atoms with Gasteiger partial charge in [0.1, 0.15) is 11.9 Å². The molecule has 0 saturated carbocycles. The minimum Gasteiger partial charge on any atom is -0.497 e. The van der Waals surface area contributed by atoms with Gasteiger partial charge < -0.3 is 13.9 Å². The van der Waals surface area contributed by atoms with Gasteiger partial charge in [0.2, 0.25) is 0 Å². The van der Waals surface area contributed by atoms with Gasteiger partial charge in [-0.15, -0.1) is 0 Å². The molecule has 0 bridgehead atoms. The van der Waals surface area contributed by atoms with Crippen LogP contribution in [-0.4, -0.2) is 44.7 Å². The van der Waals surface area contributed by atoms with Gasteiger partial charge in [-0.1, -0.05) is 93.6 Å². The Kier molecular flexibility index (Phi) is 8.10. The van der Waals surface area contributed by atoms with Gasteiger partial charge in [-0.25, -0.2) is 4.79 Å². The molecule has 0 spiro atoms. The number of nitrogens with zero attached hydrogens (tertiary/aromatic N) is 1. The minimum absolute atomic E-state index is 0.0557. The van der Waals surface area contributed by atoms with Crippen LogP contribution in [0.5, 0.6) is 5.75 Å². The predicted molar refractivity (Wildman–Crippen MR) is 151 cm³/mol. The largest absolute Gasteiger partial charge is 0.497 e. The maximum atomic E-state index is 12.8. The average Bonchev–Trinajstić information content (AvgIpc) is 3.15. The lowest BCUT2D eigenvalue weighted by molar-refractivity contribution is 0.0890. The van der Waals surface area contributed by atoms with Gasteiger partial charge in [-0.3, -0.25) is 4.90 Å². The fraction of sp³-hybridized carbons (Fsp3) is 0.387. The second kappa shape index (κ2) is 11.1. The van der Waals surface area contributed by atoms with Gasteiger partial charge in [0.15, 0.2) is 0 Å². The van der Waals surface area contributed by atoms with E-state index >= 15 is 0 Å². The van der Waals surface area contributed by atoms with Crippen LogP contribution in [0.15, 0.2) is 84.9 Å². The SMILES string of the molecule is COc1ccc(CN2C(=O)OC(C[C@H](C)O[Si](c3ccccc3)(c3ccccc3)C(C)(C)C)[C@@H]2C)cc1. The van der Waals surface area contributed by atoms with Crippen LogP contribution in [0, 0.1) is 0 Å². The highest BCUT2D eigenvalue weighted by Crippen LogP contribution is 2.38. The molecule has 3 aromatic carbocycles. The van der Waals surface area contributed by atoms with Gasteiger partial charge in [-0.05, 0) is 47.0 Å². The molecule has 0 N–H and O–H groups in total. The number of ether oxygens (including phenoxy) is 2. The van der Waals surface area contributed by atoms with Crippen LogP contribution in [0.4, 0.5) is 4.79 Å². The summed E-state index contributed by atoms with van der Waals surface area (Å²) in [6.45, 7) is 11.5. The number of carbonyl (C=O) groups is 1. The van der Waals surface area contributed by atoms with Crippen LogP contribution in [-0.2, 0) is 15.7 Å². The molecule has 3 aromatic rings. The molecule has 3 atom stereocenters. The van der Waals surface area contributed by atoms with E-state index in [1.807, 2.05) is 29.2 Å². The topological polar surface area (TPSA) is 48.0 Å². The van der Waals surface area contributed by atoms with E-state index in [0.717, 1.165) is 11.3 Å². The highest BCUT2D eigenvalue weighted by molar-refractivity contribution is 6.99. The van der Waals surface area contributed by atoms with Crippen molar-refractivity contribution in [3.63, 3.8) is 0 Å². The Balaban J connectivity index is 1.55. The van der Waals surface area contributed by atoms with Gasteiger partial charge >= 0.3 is 6.09 Å². The smallest absolute Gasteiger partial charge is 0.410 e. The first-order valence-corrected chi connectivity index (χ1v) is 15.0. The van der Waals surface area contributed by atoms with Crippen LogP contribution < -0.4 is 15.1 Å². The summed E-state index contributed by atoms with van der Waals surface area (Å²) >= 11 is 0. The summed E-state index contributed by atoms with van der Waals surface area (Å²) in [5.74, 6) is 0.799. The van der Waals surface area contributed by atoms with Crippen molar-refractivity contribution in [3.8, 4) is 5.75 Å². The molecular formula is C31H39NO4Si. The lowest BCUT2D eigenvalue weighted by Crippen LogP contribution is -2.67. The van der Waals surface area contributed by atoms with E-state index in [1.165, 1.54) is 10.4 Å². The monoisotopic (exact) mass is 517 g/mol. The highest BCUT2D eigenvalue weighted by atomic mass is 28.4. The number of amides is 1. The van der Waals surface area contributed by atoms with Crippen LogP contribution in [0.25, 0.3) is 0 Å². The normalized spacial score (nSPS) is 19.0. The Bertz CT molecular complexity index is 1120. The zero-order valence-corrected chi connectivity index (χ0v) is 23.8. The van der Waals surface area contributed by atoms with Gasteiger partial charge in [-0.2, -0.15) is 0 Å². The van der Waals surface area contributed by atoms with Gasteiger partial charge in [0.05, 0.1) is 13.2 Å². The number of hydrogen-bond acceptors (Lipinski definition) is 4. The van der Waals surface area contributed by atoms with E-state index in [-0.39, 0.29) is 29.4 Å². The second-order valence-corrected chi connectivity index (χ2v) is 15.2. The molecule has 196 valence electrons. The summed E-state index contributed by atoms with van der Waals surface area (Å²) in [6, 6.07) is 29.0. The van der Waals surface area contributed by atoms with E-state index < -0.39 is 8.32 Å². The van der Waals surface area contributed by atoms with Crippen molar-refractivity contribution < 1.29 is 18.7 Å². The fourth-order valence-corrected chi connectivity index (χ4v) is 10.1. The van der Waals surface area contributed by atoms with Crippen LogP contribution in [0.1, 0.15) is 46.6 Å². The first-order chi connectivity index (χ1) is 17.7. The summed E-state index contributed by atoms with van der Waals surface area (Å²) in [7, 11) is -1.03. The van der Waals surface area contributed by atoms with Crippen molar-refractivity contribution in [2.24, 2.45) is 0 Å². The van der Waals surface area contributed by atoms with Crippen molar-refractivity contribution in [1.82, 2.24) is 4.90 Å². The van der Waals surface area contributed by atoms with E-state index in [9.17, 15) is 4.79 Å². The molecule has 6 heteroatoms. The third-order valence-corrected chi connectivity index (χ3v) is 12.5. The van der Waals surface area contributed by atoms with E-state index in [1.54, 1.807) is 7.11 Å². The molecule has 4 rings (SSSR count). The van der Waals surface area contributed by atoms with Crippen molar-refractivity contribution in [2.45, 2.75) is 70.9 Å². The maximum Gasteiger partial charge on any atom is 0.410 e. The Morgan fingerprint density at radius 2 is 1.46 bits per heavy atom. The molecule has 5 nitrogen and oxygen atoms in total. The molecule has 0 aliphatic carbocycles. The minimum atomic E-state index is -2.68. The lowest BCUT2D eigenvalue weighted by atomic mass is 10.1. The molecule has 1 amide bonds. The molecule has 1 saturated heterocycles. The van der Waals surface area contributed by atoms with Crippen LogP contribution in [0.3, 0.4) is 0 Å². The molecule has 1 fully saturated rings. The van der Waals surface area contributed by atoms with E-state index in [0.29, 0.717) is 13.0 Å². The zero-order chi connectivity index (χ0) is 26.6. The first-order valence-electron chi connectivity index (χ1n) is 13.0. The number of cyclic esters (lactones) is 1. The molecule has 1 unspecified atom stereocenters. The standard InChI is InChI=1S/C31H39NO4Si/c1-23(21-29-24(2)32(30(33)35-29)22-25-17-19-26(34-6)20-18-25)36-37(31(3,4)5,27-13-9-7-10-14-27)28-15-11-8-12-16-28/h7-20,23-24,29H,21-22H2,1-6H3/t23-,24-,29?/m0/s1. The number of methoxy groups -OCH3 is 1. The van der Waals surface area contributed by atoms with Gasteiger partial charge in [0, 0.05) is 19.1 Å². The molecule has 1 aliphatic rings. The third-order valence-electron chi connectivity index (χ3n) is 7.39. The Morgan fingerprint density at radius 3 is 1.95 bits per heavy atom. The number of rotatable bonds is 9. The molecular weight excluding hydrogens is 478 g/mol. The number of hydrogen-bond donors (Lipinski definition) is 0. The van der Waals surface area contributed by atoms with Crippen molar-refractivity contribution in [1.29, 1.82) is 0 Å². The van der Waals surface area contributed by atoms with E-state index in [2.05, 4.69) is 95.3 Å².